The molecule has 1 aliphatic heterocycles. The smallest absolute Gasteiger partial charge is 0.253 e. The Morgan fingerprint density at radius 2 is 1.97 bits per heavy atom. The van der Waals surface area contributed by atoms with Gasteiger partial charge in [0.1, 0.15) is 0 Å². The third kappa shape index (κ3) is 3.58. The van der Waals surface area contributed by atoms with Crippen LogP contribution in [0.5, 0.6) is 0 Å². The molecule has 4 aromatic rings. The van der Waals surface area contributed by atoms with Crippen molar-refractivity contribution in [3.8, 4) is 11.5 Å². The van der Waals surface area contributed by atoms with E-state index in [0.717, 1.165) is 48.5 Å². The van der Waals surface area contributed by atoms with E-state index < -0.39 is 0 Å². The van der Waals surface area contributed by atoms with Crippen molar-refractivity contribution in [3.05, 3.63) is 54.1 Å². The van der Waals surface area contributed by atoms with Gasteiger partial charge in [-0.3, -0.25) is 4.79 Å². The highest BCUT2D eigenvalue weighted by Gasteiger charge is 2.23. The van der Waals surface area contributed by atoms with E-state index >= 15 is 0 Å². The molecule has 5 rings (SSSR count). The lowest BCUT2D eigenvalue weighted by Crippen LogP contribution is -2.45. The number of piperidine rings is 1. The molecule has 3 heterocycles. The Morgan fingerprint density at radius 1 is 1.16 bits per heavy atom. The lowest BCUT2D eigenvalue weighted by atomic mass is 10.1. The van der Waals surface area contributed by atoms with Crippen molar-refractivity contribution in [1.82, 2.24) is 19.0 Å². The average Bonchev–Trinajstić information content (AvgIpc) is 3.30. The number of carbonyl (C=O) groups excluding carboxylic acids is 1. The fraction of sp³-hybridized carbons (Fsp3) is 0.385. The fourth-order valence-corrected chi connectivity index (χ4v) is 4.90. The zero-order valence-corrected chi connectivity index (χ0v) is 19.1. The molecule has 1 atom stereocenters. The van der Waals surface area contributed by atoms with E-state index in [1.165, 1.54) is 10.9 Å². The highest BCUT2D eigenvalue weighted by molar-refractivity contribution is 5.98. The number of nitrogens with two attached hydrogens (primary N) is 1. The van der Waals surface area contributed by atoms with E-state index in [2.05, 4.69) is 53.3 Å². The Bertz CT molecular complexity index is 1300. The molecule has 1 saturated heterocycles. The van der Waals surface area contributed by atoms with Gasteiger partial charge in [0.2, 0.25) is 0 Å². The van der Waals surface area contributed by atoms with Crippen LogP contribution in [0, 0.1) is 5.92 Å². The van der Waals surface area contributed by atoms with Crippen molar-refractivity contribution in [1.29, 1.82) is 0 Å². The number of hydrogen-bond acceptors (Lipinski definition) is 3. The van der Waals surface area contributed by atoms with Gasteiger partial charge in [0, 0.05) is 49.2 Å². The number of amides is 1. The number of rotatable bonds is 4. The standard InChI is InChI=1S/C26H31N5O/c1-17(2)15-31-22-9-5-4-7-18(22)14-24(31)25-28-21-13-19(10-11-23(21)29(25)3)26(32)30-12-6-8-20(27)16-30/h4-5,7,9-11,13-14,17,20H,6,8,12,15-16,27H2,1-3H3. The van der Waals surface area contributed by atoms with Crippen molar-refractivity contribution in [2.75, 3.05) is 13.1 Å². The summed E-state index contributed by atoms with van der Waals surface area (Å²) in [7, 11) is 2.05. The van der Waals surface area contributed by atoms with E-state index in [9.17, 15) is 4.79 Å². The highest BCUT2D eigenvalue weighted by Crippen LogP contribution is 2.31. The lowest BCUT2D eigenvalue weighted by molar-refractivity contribution is 0.0709. The minimum absolute atomic E-state index is 0.0446. The van der Waals surface area contributed by atoms with E-state index in [-0.39, 0.29) is 11.9 Å². The lowest BCUT2D eigenvalue weighted by Gasteiger charge is -2.30. The van der Waals surface area contributed by atoms with Crippen LogP contribution in [0.1, 0.15) is 37.0 Å². The number of para-hydroxylation sites is 1. The maximum Gasteiger partial charge on any atom is 0.253 e. The molecule has 0 radical (unpaired) electrons. The topological polar surface area (TPSA) is 69.1 Å². The van der Waals surface area contributed by atoms with Crippen LogP contribution in [0.2, 0.25) is 0 Å². The molecular weight excluding hydrogens is 398 g/mol. The summed E-state index contributed by atoms with van der Waals surface area (Å²) >= 11 is 0. The van der Waals surface area contributed by atoms with Crippen molar-refractivity contribution in [3.63, 3.8) is 0 Å². The molecule has 0 aliphatic carbocycles. The molecule has 166 valence electrons. The monoisotopic (exact) mass is 429 g/mol. The quantitative estimate of drug-likeness (QED) is 0.522. The van der Waals surface area contributed by atoms with Gasteiger partial charge in [-0.1, -0.05) is 32.0 Å². The van der Waals surface area contributed by atoms with Gasteiger partial charge in [-0.05, 0) is 49.1 Å². The van der Waals surface area contributed by atoms with Gasteiger partial charge >= 0.3 is 0 Å². The molecule has 6 nitrogen and oxygen atoms in total. The first-order chi connectivity index (χ1) is 15.4. The molecule has 1 aliphatic rings. The minimum Gasteiger partial charge on any atom is -0.338 e. The zero-order chi connectivity index (χ0) is 22.4. The Labute approximate surface area is 188 Å². The molecule has 0 bridgehead atoms. The molecule has 2 N–H and O–H groups in total. The summed E-state index contributed by atoms with van der Waals surface area (Å²) in [4.78, 5) is 19.9. The maximum absolute atomic E-state index is 13.1. The van der Waals surface area contributed by atoms with Crippen molar-refractivity contribution in [2.24, 2.45) is 18.7 Å². The molecule has 1 amide bonds. The van der Waals surface area contributed by atoms with Gasteiger partial charge in [-0.15, -0.1) is 0 Å². The van der Waals surface area contributed by atoms with Gasteiger partial charge in [-0.25, -0.2) is 4.98 Å². The van der Waals surface area contributed by atoms with Crippen LogP contribution < -0.4 is 5.73 Å². The van der Waals surface area contributed by atoms with Gasteiger partial charge in [0.15, 0.2) is 5.82 Å². The van der Waals surface area contributed by atoms with E-state index in [1.807, 2.05) is 30.1 Å². The summed E-state index contributed by atoms with van der Waals surface area (Å²) in [5.74, 6) is 1.48. The average molecular weight is 430 g/mol. The number of benzene rings is 2. The van der Waals surface area contributed by atoms with Crippen LogP contribution >= 0.6 is 0 Å². The number of likely N-dealkylation sites (tertiary alicyclic amines) is 1. The summed E-state index contributed by atoms with van der Waals surface area (Å²) in [6, 6.07) is 16.6. The maximum atomic E-state index is 13.1. The van der Waals surface area contributed by atoms with Crippen molar-refractivity contribution in [2.45, 2.75) is 39.3 Å². The Balaban J connectivity index is 1.58. The normalized spacial score (nSPS) is 17.0. The van der Waals surface area contributed by atoms with Gasteiger partial charge in [0.25, 0.3) is 5.91 Å². The highest BCUT2D eigenvalue weighted by atomic mass is 16.2. The van der Waals surface area contributed by atoms with E-state index in [0.29, 0.717) is 18.0 Å². The van der Waals surface area contributed by atoms with Gasteiger partial charge in [0.05, 0.1) is 16.7 Å². The van der Waals surface area contributed by atoms with Crippen LogP contribution in [0.4, 0.5) is 0 Å². The number of nitrogens with zero attached hydrogens (tertiary/aromatic N) is 4. The Kier molecular flexibility index (Phi) is 5.25. The fourth-order valence-electron chi connectivity index (χ4n) is 4.90. The van der Waals surface area contributed by atoms with Crippen LogP contribution in [0.3, 0.4) is 0 Å². The molecular formula is C26H31N5O. The molecule has 32 heavy (non-hydrogen) atoms. The SMILES string of the molecule is CC(C)Cn1c(-c2nc3cc(C(=O)N4CCCC(N)C4)ccc3n2C)cc2ccccc21. The minimum atomic E-state index is 0.0446. The second kappa shape index (κ2) is 8.10. The first-order valence-electron chi connectivity index (χ1n) is 11.5. The third-order valence-electron chi connectivity index (χ3n) is 6.46. The summed E-state index contributed by atoms with van der Waals surface area (Å²) in [6.45, 7) is 6.79. The van der Waals surface area contributed by atoms with Crippen LogP contribution in [0.25, 0.3) is 33.5 Å². The molecule has 2 aromatic carbocycles. The number of aromatic nitrogens is 3. The summed E-state index contributed by atoms with van der Waals surface area (Å²) < 4.78 is 4.49. The van der Waals surface area contributed by atoms with Crippen molar-refractivity contribution < 1.29 is 4.79 Å². The number of fused-ring (bicyclic) bond motifs is 2. The predicted octanol–water partition coefficient (Wildman–Crippen LogP) is 4.41. The summed E-state index contributed by atoms with van der Waals surface area (Å²) in [5, 5.41) is 1.22. The molecule has 6 heteroatoms. The molecule has 2 aromatic heterocycles. The van der Waals surface area contributed by atoms with E-state index in [1.54, 1.807) is 0 Å². The predicted molar refractivity (Wildman–Crippen MR) is 130 cm³/mol. The molecule has 0 spiro atoms. The third-order valence-corrected chi connectivity index (χ3v) is 6.46. The van der Waals surface area contributed by atoms with Crippen LogP contribution in [-0.2, 0) is 13.6 Å². The largest absolute Gasteiger partial charge is 0.338 e. The van der Waals surface area contributed by atoms with E-state index in [4.69, 9.17) is 10.7 Å². The Hall–Kier alpha value is -3.12. The van der Waals surface area contributed by atoms with Crippen molar-refractivity contribution >= 4 is 27.8 Å². The number of carbonyl (C=O) groups is 1. The van der Waals surface area contributed by atoms with Crippen LogP contribution in [0.15, 0.2) is 48.5 Å². The number of imidazole rings is 1. The molecule has 1 fully saturated rings. The second-order valence-electron chi connectivity index (χ2n) is 9.44. The second-order valence-corrected chi connectivity index (χ2v) is 9.44. The summed E-state index contributed by atoms with van der Waals surface area (Å²) in [5.41, 5.74) is 11.0. The first-order valence-corrected chi connectivity index (χ1v) is 11.5. The Morgan fingerprint density at radius 3 is 2.75 bits per heavy atom. The summed E-state index contributed by atoms with van der Waals surface area (Å²) in [6.07, 6.45) is 1.94. The van der Waals surface area contributed by atoms with Gasteiger partial charge < -0.3 is 19.8 Å². The first kappa shape index (κ1) is 20.8. The van der Waals surface area contributed by atoms with Gasteiger partial charge in [-0.2, -0.15) is 0 Å². The molecule has 0 saturated carbocycles. The van der Waals surface area contributed by atoms with Crippen LogP contribution in [-0.4, -0.2) is 44.1 Å². The number of aryl methyl sites for hydroxylation is 1. The zero-order valence-electron chi connectivity index (χ0n) is 19.1. The number of hydrogen-bond donors (Lipinski definition) is 1. The molecule has 1 unspecified atom stereocenters.